The SMILES string of the molecule is CCCn1ncc(Br)c1C(CCC1CCCC1)NCC. The fraction of sp³-hybridized carbons (Fsp3) is 0.812. The average molecular weight is 342 g/mol. The Kier molecular flexibility index (Phi) is 6.56. The lowest BCUT2D eigenvalue weighted by molar-refractivity contribution is 0.395. The van der Waals surface area contributed by atoms with Gasteiger partial charge in [0.15, 0.2) is 0 Å². The van der Waals surface area contributed by atoms with Crippen molar-refractivity contribution in [1.29, 1.82) is 0 Å². The van der Waals surface area contributed by atoms with E-state index in [4.69, 9.17) is 0 Å². The topological polar surface area (TPSA) is 29.9 Å². The van der Waals surface area contributed by atoms with E-state index in [1.165, 1.54) is 44.2 Å². The highest BCUT2D eigenvalue weighted by atomic mass is 79.9. The first kappa shape index (κ1) is 16.0. The summed E-state index contributed by atoms with van der Waals surface area (Å²) in [5, 5.41) is 8.18. The zero-order chi connectivity index (χ0) is 14.4. The zero-order valence-electron chi connectivity index (χ0n) is 12.9. The van der Waals surface area contributed by atoms with Gasteiger partial charge in [-0.05, 0) is 47.7 Å². The summed E-state index contributed by atoms with van der Waals surface area (Å²) in [4.78, 5) is 0. The van der Waals surface area contributed by atoms with Crippen LogP contribution in [0.4, 0.5) is 0 Å². The Morgan fingerprint density at radius 3 is 2.80 bits per heavy atom. The van der Waals surface area contributed by atoms with Crippen LogP contribution >= 0.6 is 15.9 Å². The Bertz CT molecular complexity index is 396. The lowest BCUT2D eigenvalue weighted by Gasteiger charge is -2.21. The van der Waals surface area contributed by atoms with Crippen LogP contribution in [0.1, 0.15) is 70.5 Å². The molecule has 1 aliphatic carbocycles. The Balaban J connectivity index is 2.04. The number of halogens is 1. The molecule has 1 fully saturated rings. The molecule has 1 aromatic heterocycles. The van der Waals surface area contributed by atoms with E-state index in [-0.39, 0.29) is 0 Å². The van der Waals surface area contributed by atoms with Crippen LogP contribution in [0.25, 0.3) is 0 Å². The van der Waals surface area contributed by atoms with E-state index in [1.54, 1.807) is 0 Å². The van der Waals surface area contributed by atoms with Crippen molar-refractivity contribution >= 4 is 15.9 Å². The quantitative estimate of drug-likeness (QED) is 0.744. The second kappa shape index (κ2) is 8.18. The van der Waals surface area contributed by atoms with Gasteiger partial charge in [-0.3, -0.25) is 4.68 Å². The summed E-state index contributed by atoms with van der Waals surface area (Å²) in [5.74, 6) is 0.956. The van der Waals surface area contributed by atoms with E-state index < -0.39 is 0 Å². The summed E-state index contributed by atoms with van der Waals surface area (Å²) in [6.45, 7) is 6.42. The summed E-state index contributed by atoms with van der Waals surface area (Å²) < 4.78 is 3.33. The number of aryl methyl sites for hydroxylation is 1. The van der Waals surface area contributed by atoms with E-state index >= 15 is 0 Å². The van der Waals surface area contributed by atoms with Crippen molar-refractivity contribution in [2.24, 2.45) is 5.92 Å². The first-order valence-electron chi connectivity index (χ1n) is 8.20. The Labute approximate surface area is 131 Å². The van der Waals surface area contributed by atoms with Crippen LogP contribution in [-0.4, -0.2) is 16.3 Å². The fourth-order valence-corrected chi connectivity index (χ4v) is 3.96. The first-order valence-corrected chi connectivity index (χ1v) is 9.00. The van der Waals surface area contributed by atoms with Crippen molar-refractivity contribution in [3.63, 3.8) is 0 Å². The largest absolute Gasteiger partial charge is 0.309 e. The van der Waals surface area contributed by atoms with Crippen molar-refractivity contribution in [2.45, 2.75) is 71.4 Å². The molecular formula is C16H28BrN3. The molecule has 1 saturated carbocycles. The average Bonchev–Trinajstić information content (AvgIpc) is 3.06. The molecule has 0 saturated heterocycles. The molecule has 3 nitrogen and oxygen atoms in total. The summed E-state index contributed by atoms with van der Waals surface area (Å²) in [5.41, 5.74) is 1.34. The number of rotatable bonds is 8. The van der Waals surface area contributed by atoms with Crippen molar-refractivity contribution < 1.29 is 0 Å². The molecule has 0 amide bonds. The van der Waals surface area contributed by atoms with E-state index in [0.717, 1.165) is 29.9 Å². The molecular weight excluding hydrogens is 314 g/mol. The van der Waals surface area contributed by atoms with E-state index in [2.05, 4.69) is 44.9 Å². The molecule has 1 unspecified atom stereocenters. The molecule has 2 rings (SSSR count). The molecule has 0 spiro atoms. The van der Waals surface area contributed by atoms with Crippen molar-refractivity contribution in [1.82, 2.24) is 15.1 Å². The molecule has 1 aromatic rings. The minimum Gasteiger partial charge on any atom is -0.309 e. The maximum absolute atomic E-state index is 4.52. The Morgan fingerprint density at radius 2 is 2.15 bits per heavy atom. The van der Waals surface area contributed by atoms with E-state index in [9.17, 15) is 0 Å². The van der Waals surface area contributed by atoms with Gasteiger partial charge in [-0.25, -0.2) is 0 Å². The summed E-state index contributed by atoms with van der Waals surface area (Å²) in [7, 11) is 0. The molecule has 0 bridgehead atoms. The zero-order valence-corrected chi connectivity index (χ0v) is 14.5. The number of nitrogens with zero attached hydrogens (tertiary/aromatic N) is 2. The first-order chi connectivity index (χ1) is 9.76. The predicted octanol–water partition coefficient (Wildman–Crippen LogP) is 4.68. The number of nitrogens with one attached hydrogen (secondary N) is 1. The number of hydrogen-bond donors (Lipinski definition) is 1. The second-order valence-electron chi connectivity index (χ2n) is 5.94. The summed E-state index contributed by atoms with van der Waals surface area (Å²) >= 11 is 3.69. The summed E-state index contributed by atoms with van der Waals surface area (Å²) in [6.07, 6.45) is 11.4. The third-order valence-electron chi connectivity index (χ3n) is 4.39. The van der Waals surface area contributed by atoms with Gasteiger partial charge in [-0.15, -0.1) is 0 Å². The van der Waals surface area contributed by atoms with Crippen LogP contribution in [-0.2, 0) is 6.54 Å². The van der Waals surface area contributed by atoms with E-state index in [1.807, 2.05) is 6.20 Å². The molecule has 4 heteroatoms. The predicted molar refractivity (Wildman–Crippen MR) is 87.8 cm³/mol. The fourth-order valence-electron chi connectivity index (χ4n) is 3.39. The van der Waals surface area contributed by atoms with E-state index in [0.29, 0.717) is 6.04 Å². The lowest BCUT2D eigenvalue weighted by Crippen LogP contribution is -2.25. The molecule has 20 heavy (non-hydrogen) atoms. The van der Waals surface area contributed by atoms with Crippen molar-refractivity contribution in [2.75, 3.05) is 6.54 Å². The molecule has 0 aromatic carbocycles. The van der Waals surface area contributed by atoms with Gasteiger partial charge in [0.1, 0.15) is 0 Å². The molecule has 1 aliphatic rings. The maximum Gasteiger partial charge on any atom is 0.0695 e. The Morgan fingerprint density at radius 1 is 1.40 bits per heavy atom. The highest BCUT2D eigenvalue weighted by Gasteiger charge is 2.22. The smallest absolute Gasteiger partial charge is 0.0695 e. The molecule has 0 aliphatic heterocycles. The third-order valence-corrected chi connectivity index (χ3v) is 5.00. The van der Waals surface area contributed by atoms with Crippen molar-refractivity contribution in [3.8, 4) is 0 Å². The van der Waals surface area contributed by atoms with Crippen LogP contribution in [0, 0.1) is 5.92 Å². The van der Waals surface area contributed by atoms with Gasteiger partial charge in [0.05, 0.1) is 22.4 Å². The normalized spacial score (nSPS) is 17.8. The highest BCUT2D eigenvalue weighted by Crippen LogP contribution is 2.33. The third kappa shape index (κ3) is 4.08. The van der Waals surface area contributed by atoms with Gasteiger partial charge in [-0.2, -0.15) is 5.10 Å². The maximum atomic E-state index is 4.52. The number of hydrogen-bond acceptors (Lipinski definition) is 2. The van der Waals surface area contributed by atoms with Crippen LogP contribution in [0.15, 0.2) is 10.7 Å². The molecule has 1 N–H and O–H groups in total. The molecule has 114 valence electrons. The van der Waals surface area contributed by atoms with Crippen LogP contribution in [0.2, 0.25) is 0 Å². The van der Waals surface area contributed by atoms with Gasteiger partial charge >= 0.3 is 0 Å². The second-order valence-corrected chi connectivity index (χ2v) is 6.79. The standard InChI is InChI=1S/C16H28BrN3/c1-3-11-20-16(14(17)12-19-20)15(18-4-2)10-9-13-7-5-6-8-13/h12-13,15,18H,3-11H2,1-2H3. The van der Waals surface area contributed by atoms with Gasteiger partial charge < -0.3 is 5.32 Å². The van der Waals surface area contributed by atoms with Crippen LogP contribution < -0.4 is 5.32 Å². The summed E-state index contributed by atoms with van der Waals surface area (Å²) in [6, 6.07) is 0.434. The van der Waals surface area contributed by atoms with Gasteiger partial charge in [0.25, 0.3) is 0 Å². The van der Waals surface area contributed by atoms with Gasteiger partial charge in [0.2, 0.25) is 0 Å². The Hall–Kier alpha value is -0.350. The van der Waals surface area contributed by atoms with Crippen molar-refractivity contribution in [3.05, 3.63) is 16.4 Å². The molecule has 1 heterocycles. The number of aromatic nitrogens is 2. The van der Waals surface area contributed by atoms with Gasteiger partial charge in [0, 0.05) is 6.54 Å². The molecule has 0 radical (unpaired) electrons. The van der Waals surface area contributed by atoms with Crippen LogP contribution in [0.3, 0.4) is 0 Å². The minimum absolute atomic E-state index is 0.434. The monoisotopic (exact) mass is 341 g/mol. The van der Waals surface area contributed by atoms with Gasteiger partial charge in [-0.1, -0.05) is 39.5 Å². The van der Waals surface area contributed by atoms with Crippen LogP contribution in [0.5, 0.6) is 0 Å². The molecule has 1 atom stereocenters. The minimum atomic E-state index is 0.434. The highest BCUT2D eigenvalue weighted by molar-refractivity contribution is 9.10. The lowest BCUT2D eigenvalue weighted by atomic mass is 9.97.